The number of fused-ring (bicyclic) bond motifs is 3. The number of aliphatic imine (C=N–C) groups is 1. The maximum Gasteiger partial charge on any atom is 0.261 e. The second-order valence-electron chi connectivity index (χ2n) is 13.1. The van der Waals surface area contributed by atoms with Crippen LogP contribution in [-0.2, 0) is 13.0 Å². The predicted octanol–water partition coefficient (Wildman–Crippen LogP) is 4.92. The highest BCUT2D eigenvalue weighted by molar-refractivity contribution is 5.96. The van der Waals surface area contributed by atoms with E-state index in [-0.39, 0.29) is 11.4 Å². The van der Waals surface area contributed by atoms with Gasteiger partial charge in [-0.2, -0.15) is 0 Å². The first-order chi connectivity index (χ1) is 20.1. The molecule has 1 aliphatic heterocycles. The third-order valence-corrected chi connectivity index (χ3v) is 10.2. The van der Waals surface area contributed by atoms with E-state index < -0.39 is 0 Å². The molecule has 3 aromatic rings. The monoisotopic (exact) mass is 574 g/mol. The van der Waals surface area contributed by atoms with E-state index in [1.54, 1.807) is 23.0 Å². The molecule has 3 saturated carbocycles. The van der Waals surface area contributed by atoms with E-state index in [1.165, 1.54) is 19.6 Å². The molecular formula is C33H43FN6O2. The van der Waals surface area contributed by atoms with Gasteiger partial charge in [0.2, 0.25) is 0 Å². The lowest BCUT2D eigenvalue weighted by molar-refractivity contribution is -0.108. The topological polar surface area (TPSA) is 83.8 Å². The Morgan fingerprint density at radius 2 is 2.05 bits per heavy atom. The molecule has 4 fully saturated rings. The molecule has 1 saturated heterocycles. The summed E-state index contributed by atoms with van der Waals surface area (Å²) in [4.78, 5) is 25.6. The Labute approximate surface area is 247 Å². The van der Waals surface area contributed by atoms with Crippen LogP contribution in [0.4, 0.5) is 10.1 Å². The summed E-state index contributed by atoms with van der Waals surface area (Å²) in [7, 11) is 1.51. The molecule has 1 unspecified atom stereocenters. The Bertz CT molecular complexity index is 1550. The molecule has 4 aliphatic rings. The van der Waals surface area contributed by atoms with Crippen LogP contribution in [0.15, 0.2) is 52.5 Å². The van der Waals surface area contributed by atoms with E-state index in [1.807, 2.05) is 18.2 Å². The lowest BCUT2D eigenvalue weighted by Crippen LogP contribution is -2.57. The normalized spacial score (nSPS) is 27.0. The van der Waals surface area contributed by atoms with Crippen LogP contribution in [0.5, 0.6) is 5.75 Å². The fraction of sp³-hybridized carbons (Fsp3) is 0.545. The van der Waals surface area contributed by atoms with E-state index >= 15 is 0 Å². The van der Waals surface area contributed by atoms with E-state index in [9.17, 15) is 9.18 Å². The first kappa shape index (κ1) is 28.6. The maximum atomic E-state index is 14.4. The quantitative estimate of drug-likeness (QED) is 0.321. The van der Waals surface area contributed by atoms with E-state index in [0.29, 0.717) is 58.6 Å². The molecule has 0 amide bonds. The van der Waals surface area contributed by atoms with Gasteiger partial charge in [-0.15, -0.1) is 0 Å². The molecule has 0 radical (unpaired) electrons. The van der Waals surface area contributed by atoms with Gasteiger partial charge in [-0.25, -0.2) is 14.4 Å². The Balaban J connectivity index is 1.22. The van der Waals surface area contributed by atoms with Gasteiger partial charge in [-0.05, 0) is 79.2 Å². The summed E-state index contributed by atoms with van der Waals surface area (Å²) < 4.78 is 21.0. The molecule has 8 nitrogen and oxygen atoms in total. The van der Waals surface area contributed by atoms with Crippen molar-refractivity contribution in [3.05, 3.63) is 64.5 Å². The molecule has 1 aromatic heterocycles. The van der Waals surface area contributed by atoms with Crippen LogP contribution in [0.25, 0.3) is 10.9 Å². The van der Waals surface area contributed by atoms with Crippen LogP contribution in [-0.4, -0.2) is 59.2 Å². The molecule has 3 aliphatic carbocycles. The highest BCUT2D eigenvalue weighted by Crippen LogP contribution is 2.61. The molecule has 9 heteroatoms. The Kier molecular flexibility index (Phi) is 7.72. The average molecular weight is 575 g/mol. The fourth-order valence-corrected chi connectivity index (χ4v) is 7.39. The third-order valence-electron chi connectivity index (χ3n) is 10.2. The Hall–Kier alpha value is -3.46. The van der Waals surface area contributed by atoms with Gasteiger partial charge in [-0.3, -0.25) is 9.36 Å². The number of methoxy groups -OCH3 is 1. The summed E-state index contributed by atoms with van der Waals surface area (Å²) in [6.45, 7) is 12.5. The third kappa shape index (κ3) is 5.39. The summed E-state index contributed by atoms with van der Waals surface area (Å²) in [5.41, 5.74) is 2.31. The van der Waals surface area contributed by atoms with Gasteiger partial charge in [0.1, 0.15) is 11.6 Å². The number of ether oxygens (including phenoxy) is 1. The second-order valence-corrected chi connectivity index (χ2v) is 13.1. The summed E-state index contributed by atoms with van der Waals surface area (Å²) in [6, 6.07) is 11.2. The second kappa shape index (κ2) is 11.3. The Morgan fingerprint density at radius 1 is 1.21 bits per heavy atom. The standard InChI is InChI=1S/C33H43FN6O2/c1-20-18-39(13-11-35-20)32(38-29-15-23-14-27(21(29)2)33(23,3)4)37-24-7-9-26-30(16-24)36-19-40(31(26)41)12-10-22-6-8-25(42-5)17-28(22)34/h6-9,16-17,19-21,23,27,29,35H,10-15,18H2,1-5H3,(H,37,38)/t20-,21-,23+,27-,29?/m0/s1. The number of aryl methyl sites for hydroxylation is 2. The zero-order valence-corrected chi connectivity index (χ0v) is 25.4. The maximum absolute atomic E-state index is 14.4. The molecule has 5 atom stereocenters. The number of hydrogen-bond donors (Lipinski definition) is 2. The van der Waals surface area contributed by atoms with Gasteiger partial charge in [0.25, 0.3) is 5.56 Å². The van der Waals surface area contributed by atoms with Crippen molar-refractivity contribution in [2.24, 2.45) is 28.2 Å². The Morgan fingerprint density at radius 3 is 2.76 bits per heavy atom. The SMILES string of the molecule is COc1ccc(CCn2cnc3cc(N/C(=N/C4C[C@H]5C[C@@H]([C@@H]4C)C5(C)C)N4CCN[C@@H](C)C4)ccc3c2=O)c(F)c1. The van der Waals surface area contributed by atoms with Gasteiger partial charge >= 0.3 is 0 Å². The molecule has 2 heterocycles. The number of aromatic nitrogens is 2. The highest BCUT2D eigenvalue weighted by Gasteiger charge is 2.56. The molecule has 0 spiro atoms. The first-order valence-electron chi connectivity index (χ1n) is 15.3. The minimum absolute atomic E-state index is 0.136. The summed E-state index contributed by atoms with van der Waals surface area (Å²) in [5, 5.41) is 7.70. The van der Waals surface area contributed by atoms with Crippen LogP contribution in [0.2, 0.25) is 0 Å². The lowest BCUT2D eigenvalue weighted by atomic mass is 9.45. The zero-order chi connectivity index (χ0) is 29.6. The number of anilines is 1. The van der Waals surface area contributed by atoms with E-state index in [0.717, 1.165) is 49.5 Å². The van der Waals surface area contributed by atoms with Crippen molar-refractivity contribution in [1.29, 1.82) is 0 Å². The summed E-state index contributed by atoms with van der Waals surface area (Å²) in [6.07, 6.45) is 4.40. The number of guanidine groups is 1. The van der Waals surface area contributed by atoms with Crippen molar-refractivity contribution in [3.8, 4) is 5.75 Å². The zero-order valence-electron chi connectivity index (χ0n) is 25.4. The van der Waals surface area contributed by atoms with E-state index in [4.69, 9.17) is 9.73 Å². The largest absolute Gasteiger partial charge is 0.497 e. The van der Waals surface area contributed by atoms with Crippen molar-refractivity contribution in [1.82, 2.24) is 19.8 Å². The molecule has 42 heavy (non-hydrogen) atoms. The minimum Gasteiger partial charge on any atom is -0.497 e. The number of nitrogens with one attached hydrogen (secondary N) is 2. The van der Waals surface area contributed by atoms with Crippen LogP contribution in [0.3, 0.4) is 0 Å². The molecular weight excluding hydrogens is 531 g/mol. The van der Waals surface area contributed by atoms with Crippen molar-refractivity contribution >= 4 is 22.5 Å². The number of piperazine rings is 1. The average Bonchev–Trinajstić information content (AvgIpc) is 2.97. The first-order valence-corrected chi connectivity index (χ1v) is 15.3. The fourth-order valence-electron chi connectivity index (χ4n) is 7.39. The van der Waals surface area contributed by atoms with Crippen LogP contribution in [0.1, 0.15) is 46.1 Å². The molecule has 224 valence electrons. The highest BCUT2D eigenvalue weighted by atomic mass is 19.1. The van der Waals surface area contributed by atoms with Gasteiger partial charge in [0.15, 0.2) is 5.96 Å². The van der Waals surface area contributed by atoms with Crippen molar-refractivity contribution in [2.75, 3.05) is 32.1 Å². The molecule has 7 rings (SSSR count). The van der Waals surface area contributed by atoms with Gasteiger partial charge in [0.05, 0.1) is 30.4 Å². The minimum atomic E-state index is -0.341. The number of hydrogen-bond acceptors (Lipinski definition) is 5. The molecule has 2 N–H and O–H groups in total. The van der Waals surface area contributed by atoms with Crippen LogP contribution in [0, 0.1) is 29.0 Å². The number of halogens is 1. The predicted molar refractivity (Wildman–Crippen MR) is 166 cm³/mol. The van der Waals surface area contributed by atoms with E-state index in [2.05, 4.69) is 48.2 Å². The van der Waals surface area contributed by atoms with Gasteiger partial charge in [0, 0.05) is 44.0 Å². The number of benzene rings is 2. The van der Waals surface area contributed by atoms with Crippen molar-refractivity contribution in [2.45, 2.75) is 65.6 Å². The van der Waals surface area contributed by atoms with Gasteiger partial charge < -0.3 is 20.3 Å². The van der Waals surface area contributed by atoms with Crippen molar-refractivity contribution in [3.63, 3.8) is 0 Å². The smallest absolute Gasteiger partial charge is 0.261 e. The number of rotatable bonds is 6. The summed E-state index contributed by atoms with van der Waals surface area (Å²) >= 11 is 0. The molecule has 2 aromatic carbocycles. The molecule has 2 bridgehead atoms. The summed E-state index contributed by atoms with van der Waals surface area (Å²) in [5.74, 6) is 3.05. The number of nitrogens with zero attached hydrogens (tertiary/aromatic N) is 4. The van der Waals surface area contributed by atoms with Gasteiger partial charge in [-0.1, -0.05) is 26.8 Å². The van der Waals surface area contributed by atoms with Crippen LogP contribution < -0.4 is 20.9 Å². The van der Waals surface area contributed by atoms with Crippen LogP contribution >= 0.6 is 0 Å². The van der Waals surface area contributed by atoms with Crippen molar-refractivity contribution < 1.29 is 9.13 Å². The lowest BCUT2D eigenvalue weighted by Gasteiger charge is -2.61.